The molecule has 0 amide bonds. The molecule has 0 aliphatic heterocycles. The van der Waals surface area contributed by atoms with Gasteiger partial charge in [-0.05, 0) is 18.6 Å². The molecule has 4 nitrogen and oxygen atoms in total. The molecule has 78 valence electrons. The zero-order valence-electron chi connectivity index (χ0n) is 8.27. The molecule has 1 heterocycles. The lowest BCUT2D eigenvalue weighted by Gasteiger charge is -1.98. The van der Waals surface area contributed by atoms with Gasteiger partial charge in [-0.3, -0.25) is 4.57 Å². The number of anilines is 1. The van der Waals surface area contributed by atoms with Crippen LogP contribution in [0.3, 0.4) is 0 Å². The van der Waals surface area contributed by atoms with E-state index < -0.39 is 0 Å². The normalized spacial score (nSPS) is 10.7. The molecule has 0 bridgehead atoms. The maximum Gasteiger partial charge on any atom is 0.419 e. The molecule has 15 heavy (non-hydrogen) atoms. The van der Waals surface area contributed by atoms with Crippen LogP contribution in [0.1, 0.15) is 6.42 Å². The SMILES string of the molecule is C=CCCn1c(=O)oc2cc(N)ccc21. The summed E-state index contributed by atoms with van der Waals surface area (Å²) in [4.78, 5) is 11.5. The number of allylic oxidation sites excluding steroid dienone is 1. The molecule has 0 saturated heterocycles. The van der Waals surface area contributed by atoms with Gasteiger partial charge in [-0.2, -0.15) is 0 Å². The van der Waals surface area contributed by atoms with E-state index >= 15 is 0 Å². The number of benzene rings is 1. The highest BCUT2D eigenvalue weighted by atomic mass is 16.4. The summed E-state index contributed by atoms with van der Waals surface area (Å²) >= 11 is 0. The van der Waals surface area contributed by atoms with Gasteiger partial charge < -0.3 is 10.2 Å². The molecule has 0 radical (unpaired) electrons. The summed E-state index contributed by atoms with van der Waals surface area (Å²) in [7, 11) is 0. The number of aryl methyl sites for hydroxylation is 1. The summed E-state index contributed by atoms with van der Waals surface area (Å²) in [6.07, 6.45) is 2.50. The van der Waals surface area contributed by atoms with Crippen LogP contribution >= 0.6 is 0 Å². The smallest absolute Gasteiger partial charge is 0.408 e. The van der Waals surface area contributed by atoms with Crippen LogP contribution in [0.5, 0.6) is 0 Å². The Labute approximate surface area is 86.6 Å². The predicted molar refractivity (Wildman–Crippen MR) is 59.7 cm³/mol. The molecule has 2 N–H and O–H groups in total. The van der Waals surface area contributed by atoms with Gasteiger partial charge in [-0.25, -0.2) is 4.79 Å². The topological polar surface area (TPSA) is 61.2 Å². The van der Waals surface area contributed by atoms with Gasteiger partial charge in [0.05, 0.1) is 5.52 Å². The Morgan fingerprint density at radius 1 is 1.53 bits per heavy atom. The molecule has 0 fully saturated rings. The van der Waals surface area contributed by atoms with Crippen molar-refractivity contribution in [3.63, 3.8) is 0 Å². The second-order valence-electron chi connectivity index (χ2n) is 3.32. The lowest BCUT2D eigenvalue weighted by atomic mass is 10.3. The molecule has 1 aromatic heterocycles. The minimum absolute atomic E-state index is 0.350. The highest BCUT2D eigenvalue weighted by Crippen LogP contribution is 2.16. The van der Waals surface area contributed by atoms with E-state index in [1.807, 2.05) is 0 Å². The fourth-order valence-corrected chi connectivity index (χ4v) is 1.52. The second-order valence-corrected chi connectivity index (χ2v) is 3.32. The van der Waals surface area contributed by atoms with Gasteiger partial charge in [0.1, 0.15) is 0 Å². The number of nitrogens with zero attached hydrogens (tertiary/aromatic N) is 1. The van der Waals surface area contributed by atoms with Gasteiger partial charge in [0, 0.05) is 18.3 Å². The number of rotatable bonds is 3. The van der Waals surface area contributed by atoms with Gasteiger partial charge in [0.15, 0.2) is 5.58 Å². The fourth-order valence-electron chi connectivity index (χ4n) is 1.52. The number of aromatic nitrogens is 1. The largest absolute Gasteiger partial charge is 0.419 e. The minimum Gasteiger partial charge on any atom is -0.408 e. The average molecular weight is 204 g/mol. The van der Waals surface area contributed by atoms with E-state index in [0.29, 0.717) is 17.8 Å². The van der Waals surface area contributed by atoms with Crippen molar-refractivity contribution >= 4 is 16.8 Å². The number of hydrogen-bond donors (Lipinski definition) is 1. The fraction of sp³-hybridized carbons (Fsp3) is 0.182. The maximum absolute atomic E-state index is 11.5. The number of hydrogen-bond acceptors (Lipinski definition) is 3. The summed E-state index contributed by atoms with van der Waals surface area (Å²) in [5.74, 6) is -0.350. The first-order valence-electron chi connectivity index (χ1n) is 4.72. The standard InChI is InChI=1S/C11H12N2O2/c1-2-3-6-13-9-5-4-8(12)7-10(9)15-11(13)14/h2,4-5,7H,1,3,6,12H2. The molecule has 1 aromatic carbocycles. The number of nitrogen functional groups attached to an aromatic ring is 1. The zero-order valence-corrected chi connectivity index (χ0v) is 8.27. The number of fused-ring (bicyclic) bond motifs is 1. The van der Waals surface area contributed by atoms with E-state index in [0.717, 1.165) is 11.9 Å². The van der Waals surface area contributed by atoms with Crippen LogP contribution in [-0.2, 0) is 6.54 Å². The van der Waals surface area contributed by atoms with Crippen molar-refractivity contribution in [3.05, 3.63) is 41.4 Å². The molecule has 0 spiro atoms. The van der Waals surface area contributed by atoms with Crippen LogP contribution in [0.25, 0.3) is 11.1 Å². The molecule has 2 rings (SSSR count). The summed E-state index contributed by atoms with van der Waals surface area (Å²) < 4.78 is 6.65. The van der Waals surface area contributed by atoms with Gasteiger partial charge >= 0.3 is 5.76 Å². The summed E-state index contributed by atoms with van der Waals surface area (Å²) in [5, 5.41) is 0. The van der Waals surface area contributed by atoms with Crippen LogP contribution in [0.2, 0.25) is 0 Å². The first-order chi connectivity index (χ1) is 7.22. The first-order valence-corrected chi connectivity index (χ1v) is 4.72. The van der Waals surface area contributed by atoms with Crippen LogP contribution < -0.4 is 11.5 Å². The molecular formula is C11H12N2O2. The molecule has 0 aliphatic rings. The molecular weight excluding hydrogens is 192 g/mol. The van der Waals surface area contributed by atoms with Crippen LogP contribution in [0.15, 0.2) is 40.1 Å². The van der Waals surface area contributed by atoms with Crippen LogP contribution in [0, 0.1) is 0 Å². The minimum atomic E-state index is -0.350. The third kappa shape index (κ3) is 1.66. The van der Waals surface area contributed by atoms with Crippen molar-refractivity contribution < 1.29 is 4.42 Å². The Hall–Kier alpha value is -1.97. The van der Waals surface area contributed by atoms with Crippen molar-refractivity contribution in [2.75, 3.05) is 5.73 Å². The third-order valence-electron chi connectivity index (χ3n) is 2.25. The quantitative estimate of drug-likeness (QED) is 0.612. The van der Waals surface area contributed by atoms with Gasteiger partial charge in [0.25, 0.3) is 0 Å². The number of oxazole rings is 1. The first kappa shape index (κ1) is 9.58. The zero-order chi connectivity index (χ0) is 10.8. The van der Waals surface area contributed by atoms with Crippen LogP contribution in [-0.4, -0.2) is 4.57 Å². The van der Waals surface area contributed by atoms with E-state index in [1.54, 1.807) is 28.8 Å². The molecule has 0 saturated carbocycles. The maximum atomic E-state index is 11.5. The third-order valence-corrected chi connectivity index (χ3v) is 2.25. The van der Waals surface area contributed by atoms with E-state index in [1.165, 1.54) is 0 Å². The summed E-state index contributed by atoms with van der Waals surface area (Å²) in [6, 6.07) is 5.20. The van der Waals surface area contributed by atoms with Crippen molar-refractivity contribution in [1.29, 1.82) is 0 Å². The van der Waals surface area contributed by atoms with E-state index in [2.05, 4.69) is 6.58 Å². The number of nitrogens with two attached hydrogens (primary N) is 1. The van der Waals surface area contributed by atoms with E-state index in [4.69, 9.17) is 10.2 Å². The van der Waals surface area contributed by atoms with E-state index in [-0.39, 0.29) is 5.76 Å². The Morgan fingerprint density at radius 2 is 2.33 bits per heavy atom. The van der Waals surface area contributed by atoms with E-state index in [9.17, 15) is 4.79 Å². The Balaban J connectivity index is 2.58. The summed E-state index contributed by atoms with van der Waals surface area (Å²) in [6.45, 7) is 4.20. The Morgan fingerprint density at radius 3 is 3.07 bits per heavy atom. The highest BCUT2D eigenvalue weighted by Gasteiger charge is 2.07. The highest BCUT2D eigenvalue weighted by molar-refractivity contribution is 5.76. The van der Waals surface area contributed by atoms with Crippen LogP contribution in [0.4, 0.5) is 5.69 Å². The van der Waals surface area contributed by atoms with Gasteiger partial charge in [0.2, 0.25) is 0 Å². The molecule has 2 aromatic rings. The lowest BCUT2D eigenvalue weighted by molar-refractivity contribution is 0.507. The predicted octanol–water partition coefficient (Wildman–Crippen LogP) is 1.75. The molecule has 0 unspecified atom stereocenters. The van der Waals surface area contributed by atoms with Crippen molar-refractivity contribution in [3.8, 4) is 0 Å². The Kier molecular flexibility index (Phi) is 2.33. The summed E-state index contributed by atoms with van der Waals surface area (Å²) in [5.41, 5.74) is 7.49. The average Bonchev–Trinajstić information content (AvgIpc) is 2.50. The van der Waals surface area contributed by atoms with Crippen molar-refractivity contribution in [2.45, 2.75) is 13.0 Å². The lowest BCUT2D eigenvalue weighted by Crippen LogP contribution is -2.13. The monoisotopic (exact) mass is 204 g/mol. The van der Waals surface area contributed by atoms with Gasteiger partial charge in [-0.1, -0.05) is 6.08 Å². The Bertz CT molecular complexity index is 551. The van der Waals surface area contributed by atoms with Crippen molar-refractivity contribution in [2.24, 2.45) is 0 Å². The molecule has 4 heteroatoms. The molecule has 0 aliphatic carbocycles. The van der Waals surface area contributed by atoms with Gasteiger partial charge in [-0.15, -0.1) is 6.58 Å². The molecule has 0 atom stereocenters. The second kappa shape index (κ2) is 3.65. The van der Waals surface area contributed by atoms with Crippen molar-refractivity contribution in [1.82, 2.24) is 4.57 Å².